The fourth-order valence-corrected chi connectivity index (χ4v) is 2.81. The fourth-order valence-electron chi connectivity index (χ4n) is 2.43. The molecule has 1 aromatic heterocycles. The summed E-state index contributed by atoms with van der Waals surface area (Å²) in [5.41, 5.74) is 1.75. The maximum atomic E-state index is 12.1. The van der Waals surface area contributed by atoms with Crippen LogP contribution in [-0.2, 0) is 14.8 Å². The predicted molar refractivity (Wildman–Crippen MR) is 78.2 cm³/mol. The number of amides is 1. The normalized spacial score (nSPS) is 19.5. The fraction of sp³-hybridized carbons (Fsp3) is 0.615. The molecule has 0 saturated carbocycles. The molecule has 0 bridgehead atoms. The molecule has 1 amide bonds. The van der Waals surface area contributed by atoms with Gasteiger partial charge in [0.25, 0.3) is 0 Å². The number of rotatable bonds is 4. The van der Waals surface area contributed by atoms with Crippen molar-refractivity contribution < 1.29 is 13.2 Å². The van der Waals surface area contributed by atoms with E-state index in [1.54, 1.807) is 17.3 Å². The van der Waals surface area contributed by atoms with Crippen LogP contribution in [0.1, 0.15) is 30.1 Å². The lowest BCUT2D eigenvalue weighted by molar-refractivity contribution is -0.131. The molecule has 1 aromatic rings. The van der Waals surface area contributed by atoms with Crippen molar-refractivity contribution >= 4 is 15.9 Å². The third kappa shape index (κ3) is 4.75. The number of hydrogen-bond acceptors (Lipinski definition) is 5. The minimum absolute atomic E-state index is 0.160. The maximum absolute atomic E-state index is 12.1. The van der Waals surface area contributed by atoms with Crippen LogP contribution < -0.4 is 4.72 Å². The second-order valence-corrected chi connectivity index (χ2v) is 7.19. The van der Waals surface area contributed by atoms with E-state index in [4.69, 9.17) is 0 Å². The van der Waals surface area contributed by atoms with Crippen molar-refractivity contribution in [2.45, 2.75) is 25.7 Å². The van der Waals surface area contributed by atoms with Gasteiger partial charge in [-0.25, -0.2) is 13.1 Å². The zero-order valence-corrected chi connectivity index (χ0v) is 13.1. The van der Waals surface area contributed by atoms with Crippen molar-refractivity contribution in [2.24, 2.45) is 0 Å². The van der Waals surface area contributed by atoms with E-state index in [0.717, 1.165) is 30.5 Å². The SMILES string of the molecule is Cc1cncc([C@H]2CCCN(C(=O)CNS(C)(=O)=O)C2)n1. The minimum atomic E-state index is -3.35. The summed E-state index contributed by atoms with van der Waals surface area (Å²) in [6.45, 7) is 2.91. The van der Waals surface area contributed by atoms with Gasteiger partial charge in [0.1, 0.15) is 0 Å². The first-order valence-corrected chi connectivity index (χ1v) is 8.75. The zero-order valence-electron chi connectivity index (χ0n) is 12.2. The molecule has 1 aliphatic heterocycles. The van der Waals surface area contributed by atoms with Crippen LogP contribution in [0.5, 0.6) is 0 Å². The van der Waals surface area contributed by atoms with Crippen molar-refractivity contribution in [2.75, 3.05) is 25.9 Å². The molecule has 2 heterocycles. The number of carbonyl (C=O) groups is 1. The van der Waals surface area contributed by atoms with Gasteiger partial charge >= 0.3 is 0 Å². The number of piperidine rings is 1. The van der Waals surface area contributed by atoms with Crippen LogP contribution in [0.2, 0.25) is 0 Å². The van der Waals surface area contributed by atoms with E-state index < -0.39 is 10.0 Å². The molecular formula is C13H20N4O3S. The molecule has 0 unspecified atom stereocenters. The summed E-state index contributed by atoms with van der Waals surface area (Å²) < 4.78 is 24.3. The molecule has 21 heavy (non-hydrogen) atoms. The highest BCUT2D eigenvalue weighted by atomic mass is 32.2. The summed E-state index contributed by atoms with van der Waals surface area (Å²) in [6.07, 6.45) is 6.32. The second-order valence-electron chi connectivity index (χ2n) is 5.36. The van der Waals surface area contributed by atoms with Crippen LogP contribution in [0, 0.1) is 6.92 Å². The van der Waals surface area contributed by atoms with Gasteiger partial charge in [0.2, 0.25) is 15.9 Å². The van der Waals surface area contributed by atoms with Crippen LogP contribution in [0.25, 0.3) is 0 Å². The average Bonchev–Trinajstić information content (AvgIpc) is 2.44. The molecule has 1 aliphatic rings. The standard InChI is InChI=1S/C13H20N4O3S/c1-10-6-14-7-12(16-10)11-4-3-5-17(9-11)13(18)8-15-21(2,19)20/h6-7,11,15H,3-5,8-9H2,1-2H3/t11-/m0/s1. The predicted octanol–water partition coefficient (Wildman–Crippen LogP) is 0.0402. The third-order valence-electron chi connectivity index (χ3n) is 3.45. The van der Waals surface area contributed by atoms with Crippen molar-refractivity contribution in [1.82, 2.24) is 19.6 Å². The number of hydrogen-bond donors (Lipinski definition) is 1. The Bertz CT molecular complexity index is 618. The zero-order chi connectivity index (χ0) is 15.5. The van der Waals surface area contributed by atoms with Crippen LogP contribution in [-0.4, -0.2) is 55.1 Å². The highest BCUT2D eigenvalue weighted by molar-refractivity contribution is 7.88. The molecule has 116 valence electrons. The van der Waals surface area contributed by atoms with E-state index in [-0.39, 0.29) is 18.4 Å². The van der Waals surface area contributed by atoms with E-state index in [2.05, 4.69) is 14.7 Å². The molecule has 0 aromatic carbocycles. The summed E-state index contributed by atoms with van der Waals surface area (Å²) in [6, 6.07) is 0. The van der Waals surface area contributed by atoms with Crippen LogP contribution in [0.4, 0.5) is 0 Å². The molecule has 1 saturated heterocycles. The first-order chi connectivity index (χ1) is 9.85. The van der Waals surface area contributed by atoms with E-state index in [9.17, 15) is 13.2 Å². The number of carbonyl (C=O) groups excluding carboxylic acids is 1. The summed E-state index contributed by atoms with van der Waals surface area (Å²) in [7, 11) is -3.35. The summed E-state index contributed by atoms with van der Waals surface area (Å²) in [4.78, 5) is 22.3. The Balaban J connectivity index is 1.99. The number of nitrogens with zero attached hydrogens (tertiary/aromatic N) is 3. The largest absolute Gasteiger partial charge is 0.341 e. The molecule has 8 heteroatoms. The molecule has 2 rings (SSSR count). The lowest BCUT2D eigenvalue weighted by Gasteiger charge is -2.32. The van der Waals surface area contributed by atoms with Crippen molar-refractivity contribution in [3.05, 3.63) is 23.8 Å². The molecule has 7 nitrogen and oxygen atoms in total. The lowest BCUT2D eigenvalue weighted by Crippen LogP contribution is -2.44. The topological polar surface area (TPSA) is 92.3 Å². The highest BCUT2D eigenvalue weighted by Crippen LogP contribution is 2.25. The number of likely N-dealkylation sites (tertiary alicyclic amines) is 1. The number of aromatic nitrogens is 2. The van der Waals surface area contributed by atoms with Gasteiger partial charge in [-0.2, -0.15) is 0 Å². The molecule has 1 fully saturated rings. The molecule has 0 spiro atoms. The van der Waals surface area contributed by atoms with Crippen LogP contribution >= 0.6 is 0 Å². The van der Waals surface area contributed by atoms with Gasteiger partial charge < -0.3 is 4.90 Å². The van der Waals surface area contributed by atoms with Gasteiger partial charge in [0.05, 0.1) is 24.2 Å². The number of nitrogens with one attached hydrogen (secondary N) is 1. The smallest absolute Gasteiger partial charge is 0.237 e. The van der Waals surface area contributed by atoms with E-state index >= 15 is 0 Å². The van der Waals surface area contributed by atoms with Gasteiger partial charge in [0.15, 0.2) is 0 Å². The monoisotopic (exact) mass is 312 g/mol. The van der Waals surface area contributed by atoms with Gasteiger partial charge in [-0.15, -0.1) is 0 Å². The van der Waals surface area contributed by atoms with Crippen molar-refractivity contribution in [3.63, 3.8) is 0 Å². The molecule has 1 atom stereocenters. The van der Waals surface area contributed by atoms with Crippen LogP contribution in [0.15, 0.2) is 12.4 Å². The Morgan fingerprint density at radius 3 is 2.90 bits per heavy atom. The Morgan fingerprint density at radius 2 is 2.24 bits per heavy atom. The summed E-state index contributed by atoms with van der Waals surface area (Å²) in [5, 5.41) is 0. The Labute approximate surface area is 124 Å². The van der Waals surface area contributed by atoms with E-state index in [1.807, 2.05) is 6.92 Å². The van der Waals surface area contributed by atoms with E-state index in [0.29, 0.717) is 13.1 Å². The first-order valence-electron chi connectivity index (χ1n) is 6.86. The van der Waals surface area contributed by atoms with Gasteiger partial charge in [-0.3, -0.25) is 14.8 Å². The Hall–Kier alpha value is -1.54. The quantitative estimate of drug-likeness (QED) is 0.847. The lowest BCUT2D eigenvalue weighted by atomic mass is 9.95. The summed E-state index contributed by atoms with van der Waals surface area (Å²) in [5.74, 6) is -0.0425. The molecular weight excluding hydrogens is 292 g/mol. The Kier molecular flexibility index (Phi) is 4.89. The van der Waals surface area contributed by atoms with E-state index in [1.165, 1.54) is 0 Å². The Morgan fingerprint density at radius 1 is 1.48 bits per heavy atom. The summed E-state index contributed by atoms with van der Waals surface area (Å²) >= 11 is 0. The molecule has 0 radical (unpaired) electrons. The second kappa shape index (κ2) is 6.48. The highest BCUT2D eigenvalue weighted by Gasteiger charge is 2.26. The number of sulfonamides is 1. The minimum Gasteiger partial charge on any atom is -0.341 e. The van der Waals surface area contributed by atoms with Crippen molar-refractivity contribution in [1.29, 1.82) is 0 Å². The molecule has 1 N–H and O–H groups in total. The van der Waals surface area contributed by atoms with Gasteiger partial charge in [0, 0.05) is 31.4 Å². The molecule has 0 aliphatic carbocycles. The van der Waals surface area contributed by atoms with Crippen LogP contribution in [0.3, 0.4) is 0 Å². The average molecular weight is 312 g/mol. The maximum Gasteiger partial charge on any atom is 0.237 e. The van der Waals surface area contributed by atoms with Gasteiger partial charge in [-0.1, -0.05) is 0 Å². The van der Waals surface area contributed by atoms with Gasteiger partial charge in [-0.05, 0) is 19.8 Å². The third-order valence-corrected chi connectivity index (χ3v) is 4.12. The number of aryl methyl sites for hydroxylation is 1. The van der Waals surface area contributed by atoms with Crippen molar-refractivity contribution in [3.8, 4) is 0 Å². The first kappa shape index (κ1) is 15.8.